The van der Waals surface area contributed by atoms with Crippen LogP contribution in [0, 0.1) is 11.3 Å². The number of rotatable bonds is 3. The summed E-state index contributed by atoms with van der Waals surface area (Å²) < 4.78 is 1.16. The van der Waals surface area contributed by atoms with Crippen LogP contribution in [0.2, 0.25) is 0 Å². The Morgan fingerprint density at radius 2 is 2.12 bits per heavy atom. The zero-order chi connectivity index (χ0) is 12.3. The topological polar surface area (TPSA) is 91.8 Å². The number of nitriles is 1. The molecule has 6 nitrogen and oxygen atoms in total. The van der Waals surface area contributed by atoms with Crippen LogP contribution >= 0.6 is 0 Å². The highest BCUT2D eigenvalue weighted by Gasteiger charge is 2.23. The quantitative estimate of drug-likeness (QED) is 0.839. The molecular weight excluding hydrogens is 220 g/mol. The van der Waals surface area contributed by atoms with Gasteiger partial charge in [-0.1, -0.05) is 30.3 Å². The van der Waals surface area contributed by atoms with Gasteiger partial charge in [-0.3, -0.25) is 0 Å². The Labute approximate surface area is 96.8 Å². The number of aromatic nitrogens is 3. The average Bonchev–Trinajstić information content (AvgIpc) is 2.79. The largest absolute Gasteiger partial charge is 0.479 e. The van der Waals surface area contributed by atoms with E-state index in [0.717, 1.165) is 4.68 Å². The van der Waals surface area contributed by atoms with E-state index in [1.807, 2.05) is 0 Å². The normalized spacial score (nSPS) is 11.7. The molecule has 1 atom stereocenters. The van der Waals surface area contributed by atoms with Crippen molar-refractivity contribution >= 4 is 5.97 Å². The Hall–Kier alpha value is -2.68. The third-order valence-corrected chi connectivity index (χ3v) is 2.22. The van der Waals surface area contributed by atoms with Crippen molar-refractivity contribution in [3.8, 4) is 6.07 Å². The van der Waals surface area contributed by atoms with E-state index in [4.69, 9.17) is 5.26 Å². The minimum Gasteiger partial charge on any atom is -0.479 e. The Kier molecular flexibility index (Phi) is 2.83. The highest BCUT2D eigenvalue weighted by atomic mass is 16.4. The standard InChI is InChI=1S/C11H8N4O2/c12-6-9-13-7-15(14-9)10(11(16)17)8-4-2-1-3-5-8/h1-5,7,10H,(H,16,17). The SMILES string of the molecule is N#Cc1ncn(C(C(=O)O)c2ccccc2)n1. The fourth-order valence-corrected chi connectivity index (χ4v) is 1.49. The molecule has 1 N–H and O–H groups in total. The molecule has 2 rings (SSSR count). The molecule has 0 amide bonds. The fraction of sp³-hybridized carbons (Fsp3) is 0.0909. The summed E-state index contributed by atoms with van der Waals surface area (Å²) in [5.74, 6) is -1.10. The zero-order valence-corrected chi connectivity index (χ0v) is 8.69. The maximum Gasteiger partial charge on any atom is 0.333 e. The van der Waals surface area contributed by atoms with Gasteiger partial charge in [0.15, 0.2) is 6.04 Å². The Bertz CT molecular complexity index is 571. The second-order valence-corrected chi connectivity index (χ2v) is 3.31. The molecule has 0 aliphatic heterocycles. The number of carbonyl (C=O) groups is 1. The molecule has 84 valence electrons. The van der Waals surface area contributed by atoms with Crippen LogP contribution in [0.4, 0.5) is 0 Å². The van der Waals surface area contributed by atoms with Crippen LogP contribution < -0.4 is 0 Å². The maximum absolute atomic E-state index is 11.2. The van der Waals surface area contributed by atoms with Crippen LogP contribution in [0.25, 0.3) is 0 Å². The minimum absolute atomic E-state index is 0.0489. The summed E-state index contributed by atoms with van der Waals surface area (Å²) in [5, 5.41) is 21.6. The molecule has 0 radical (unpaired) electrons. The summed E-state index contributed by atoms with van der Waals surface area (Å²) in [6, 6.07) is 9.45. The smallest absolute Gasteiger partial charge is 0.333 e. The maximum atomic E-state index is 11.2. The molecule has 0 aliphatic carbocycles. The molecule has 6 heteroatoms. The summed E-state index contributed by atoms with van der Waals surface area (Å²) in [5.41, 5.74) is 0.578. The Morgan fingerprint density at radius 1 is 1.41 bits per heavy atom. The lowest BCUT2D eigenvalue weighted by Crippen LogP contribution is -2.20. The first kappa shape index (κ1) is 10.8. The number of hydrogen-bond acceptors (Lipinski definition) is 4. The number of benzene rings is 1. The third kappa shape index (κ3) is 2.13. The van der Waals surface area contributed by atoms with Gasteiger partial charge in [-0.05, 0) is 5.56 Å². The predicted molar refractivity (Wildman–Crippen MR) is 57.0 cm³/mol. The number of carboxylic acids is 1. The lowest BCUT2D eigenvalue weighted by molar-refractivity contribution is -0.139. The molecule has 0 spiro atoms. The van der Waals surface area contributed by atoms with E-state index >= 15 is 0 Å². The van der Waals surface area contributed by atoms with E-state index in [0.29, 0.717) is 5.56 Å². The van der Waals surface area contributed by atoms with Crippen molar-refractivity contribution < 1.29 is 9.90 Å². The average molecular weight is 228 g/mol. The van der Waals surface area contributed by atoms with E-state index in [-0.39, 0.29) is 5.82 Å². The fourth-order valence-electron chi connectivity index (χ4n) is 1.49. The van der Waals surface area contributed by atoms with Gasteiger partial charge in [-0.25, -0.2) is 14.5 Å². The van der Waals surface area contributed by atoms with Gasteiger partial charge in [0.2, 0.25) is 0 Å². The zero-order valence-electron chi connectivity index (χ0n) is 8.69. The van der Waals surface area contributed by atoms with Gasteiger partial charge >= 0.3 is 5.97 Å². The summed E-state index contributed by atoms with van der Waals surface area (Å²) in [6.45, 7) is 0. The monoisotopic (exact) mass is 228 g/mol. The highest BCUT2D eigenvalue weighted by molar-refractivity contribution is 5.75. The Morgan fingerprint density at radius 3 is 2.65 bits per heavy atom. The number of nitrogens with zero attached hydrogens (tertiary/aromatic N) is 4. The van der Waals surface area contributed by atoms with E-state index in [2.05, 4.69) is 10.1 Å². The Balaban J connectivity index is 2.44. The lowest BCUT2D eigenvalue weighted by Gasteiger charge is -2.11. The second kappa shape index (κ2) is 4.45. The van der Waals surface area contributed by atoms with Crippen molar-refractivity contribution in [1.29, 1.82) is 5.26 Å². The van der Waals surface area contributed by atoms with Gasteiger partial charge in [0.05, 0.1) is 0 Å². The molecule has 1 aromatic carbocycles. The summed E-state index contributed by atoms with van der Waals surface area (Å²) in [7, 11) is 0. The number of hydrogen-bond donors (Lipinski definition) is 1. The van der Waals surface area contributed by atoms with Crippen molar-refractivity contribution in [2.45, 2.75) is 6.04 Å². The summed E-state index contributed by atoms with van der Waals surface area (Å²) in [4.78, 5) is 14.9. The van der Waals surface area contributed by atoms with Gasteiger partial charge in [0.1, 0.15) is 12.4 Å². The first-order valence-corrected chi connectivity index (χ1v) is 4.81. The van der Waals surface area contributed by atoms with E-state index in [1.54, 1.807) is 36.4 Å². The third-order valence-electron chi connectivity index (χ3n) is 2.22. The lowest BCUT2D eigenvalue weighted by atomic mass is 10.1. The molecule has 1 heterocycles. The van der Waals surface area contributed by atoms with Crippen molar-refractivity contribution in [2.24, 2.45) is 0 Å². The molecule has 17 heavy (non-hydrogen) atoms. The van der Waals surface area contributed by atoms with Gasteiger partial charge in [-0.2, -0.15) is 5.26 Å². The van der Waals surface area contributed by atoms with Crippen LogP contribution in [0.15, 0.2) is 36.7 Å². The molecule has 0 saturated heterocycles. The second-order valence-electron chi connectivity index (χ2n) is 3.31. The molecule has 0 fully saturated rings. The van der Waals surface area contributed by atoms with Gasteiger partial charge in [0.25, 0.3) is 5.82 Å². The number of aliphatic carboxylic acids is 1. The summed E-state index contributed by atoms with van der Waals surface area (Å²) >= 11 is 0. The molecule has 1 unspecified atom stereocenters. The highest BCUT2D eigenvalue weighted by Crippen LogP contribution is 2.17. The van der Waals surface area contributed by atoms with Crippen LogP contribution in [0.1, 0.15) is 17.4 Å². The van der Waals surface area contributed by atoms with Crippen LogP contribution in [0.3, 0.4) is 0 Å². The molecular formula is C11H8N4O2. The van der Waals surface area contributed by atoms with Crippen molar-refractivity contribution in [3.05, 3.63) is 48.0 Å². The molecule has 0 saturated carbocycles. The van der Waals surface area contributed by atoms with Gasteiger partial charge < -0.3 is 5.11 Å². The number of carboxylic acid groups (broad SMARTS) is 1. The van der Waals surface area contributed by atoms with Crippen LogP contribution in [-0.4, -0.2) is 25.8 Å². The first-order valence-electron chi connectivity index (χ1n) is 4.81. The predicted octanol–water partition coefficient (Wildman–Crippen LogP) is 0.824. The molecule has 0 bridgehead atoms. The van der Waals surface area contributed by atoms with Crippen LogP contribution in [-0.2, 0) is 4.79 Å². The van der Waals surface area contributed by atoms with Crippen LogP contribution in [0.5, 0.6) is 0 Å². The van der Waals surface area contributed by atoms with E-state index in [1.165, 1.54) is 6.33 Å². The van der Waals surface area contributed by atoms with Crippen molar-refractivity contribution in [3.63, 3.8) is 0 Å². The first-order chi connectivity index (χ1) is 8.22. The van der Waals surface area contributed by atoms with Crippen molar-refractivity contribution in [2.75, 3.05) is 0 Å². The molecule has 1 aromatic heterocycles. The van der Waals surface area contributed by atoms with Gasteiger partial charge in [-0.15, -0.1) is 5.10 Å². The van der Waals surface area contributed by atoms with E-state index < -0.39 is 12.0 Å². The molecule has 2 aromatic rings. The minimum atomic E-state index is -1.05. The van der Waals surface area contributed by atoms with E-state index in [9.17, 15) is 9.90 Å². The molecule has 0 aliphatic rings. The summed E-state index contributed by atoms with van der Waals surface area (Å²) in [6.07, 6.45) is 1.24. The van der Waals surface area contributed by atoms with Crippen molar-refractivity contribution in [1.82, 2.24) is 14.8 Å². The van der Waals surface area contributed by atoms with Gasteiger partial charge in [0, 0.05) is 0 Å².